The maximum absolute atomic E-state index is 12.2. The molecule has 0 aromatic rings. The van der Waals surface area contributed by atoms with Gasteiger partial charge in [-0.2, -0.15) is 0 Å². The monoisotopic (exact) mass is 272 g/mol. The second-order valence-electron chi connectivity index (χ2n) is 4.35. The highest BCUT2D eigenvalue weighted by molar-refractivity contribution is 5.91. The van der Waals surface area contributed by atoms with Crippen LogP contribution in [0, 0.1) is 0 Å². The van der Waals surface area contributed by atoms with E-state index in [0.29, 0.717) is 32.8 Å². The van der Waals surface area contributed by atoms with E-state index < -0.39 is 12.0 Å². The molecule has 1 fully saturated rings. The molecular weight excluding hydrogens is 252 g/mol. The van der Waals surface area contributed by atoms with Gasteiger partial charge < -0.3 is 19.6 Å². The second-order valence-corrected chi connectivity index (χ2v) is 4.35. The van der Waals surface area contributed by atoms with Crippen LogP contribution in [0.15, 0.2) is 0 Å². The highest BCUT2D eigenvalue weighted by Crippen LogP contribution is 2.15. The number of amides is 2. The van der Waals surface area contributed by atoms with Gasteiger partial charge in [0.05, 0.1) is 13.0 Å². The first-order valence-electron chi connectivity index (χ1n) is 6.33. The smallest absolute Gasteiger partial charge is 0.305 e. The molecule has 1 N–H and O–H groups in total. The quantitative estimate of drug-likeness (QED) is 0.662. The summed E-state index contributed by atoms with van der Waals surface area (Å²) in [7, 11) is 0. The van der Waals surface area contributed by atoms with Crippen LogP contribution in [-0.4, -0.2) is 71.6 Å². The maximum Gasteiger partial charge on any atom is 0.305 e. The molecule has 1 unspecified atom stereocenters. The average Bonchev–Trinajstić information content (AvgIpc) is 2.33. The molecule has 1 aliphatic heterocycles. The molecule has 0 aromatic carbocycles. The topological polar surface area (TPSA) is 87.2 Å². The van der Waals surface area contributed by atoms with Crippen molar-refractivity contribution in [3.63, 3.8) is 0 Å². The van der Waals surface area contributed by atoms with Crippen LogP contribution in [0.25, 0.3) is 0 Å². The van der Waals surface area contributed by atoms with Gasteiger partial charge in [0.2, 0.25) is 11.8 Å². The maximum atomic E-state index is 12.2. The molecule has 1 saturated heterocycles. The number of carbonyl (C=O) groups is 3. The van der Waals surface area contributed by atoms with Gasteiger partial charge in [-0.3, -0.25) is 14.4 Å². The fraction of sp³-hybridized carbons (Fsp3) is 0.750. The molecule has 0 saturated carbocycles. The number of nitrogens with zero attached hydrogens (tertiary/aromatic N) is 2. The lowest BCUT2D eigenvalue weighted by atomic mass is 10.1. The molecule has 19 heavy (non-hydrogen) atoms. The molecular formula is C12H20N2O5. The van der Waals surface area contributed by atoms with Gasteiger partial charge in [0.25, 0.3) is 0 Å². The van der Waals surface area contributed by atoms with Gasteiger partial charge in [-0.25, -0.2) is 0 Å². The van der Waals surface area contributed by atoms with Crippen molar-refractivity contribution in [2.75, 3.05) is 32.8 Å². The lowest BCUT2D eigenvalue weighted by Crippen LogP contribution is -2.59. The zero-order valence-corrected chi connectivity index (χ0v) is 11.3. The first-order valence-corrected chi connectivity index (χ1v) is 6.33. The summed E-state index contributed by atoms with van der Waals surface area (Å²) < 4.78 is 5.18. The number of hydrogen-bond donors (Lipinski definition) is 1. The summed E-state index contributed by atoms with van der Waals surface area (Å²) >= 11 is 0. The average molecular weight is 272 g/mol. The second kappa shape index (κ2) is 7.08. The minimum atomic E-state index is -1.09. The molecule has 1 aliphatic rings. The van der Waals surface area contributed by atoms with E-state index in [2.05, 4.69) is 0 Å². The first kappa shape index (κ1) is 15.4. The van der Waals surface area contributed by atoms with Gasteiger partial charge >= 0.3 is 5.97 Å². The Labute approximate surface area is 112 Å². The van der Waals surface area contributed by atoms with E-state index in [1.165, 1.54) is 11.8 Å². The normalized spacial score (nSPS) is 19.7. The molecule has 0 bridgehead atoms. The third kappa shape index (κ3) is 4.20. The number of ether oxygens (including phenoxy) is 1. The van der Waals surface area contributed by atoms with Crippen LogP contribution in [0.3, 0.4) is 0 Å². The van der Waals surface area contributed by atoms with E-state index in [1.54, 1.807) is 4.90 Å². The minimum Gasteiger partial charge on any atom is -0.481 e. The fourth-order valence-electron chi connectivity index (χ4n) is 2.12. The molecule has 108 valence electrons. The molecule has 0 spiro atoms. The van der Waals surface area contributed by atoms with Crippen molar-refractivity contribution >= 4 is 17.8 Å². The summed E-state index contributed by atoms with van der Waals surface area (Å²) in [5.74, 6) is -1.68. The van der Waals surface area contributed by atoms with Crippen molar-refractivity contribution in [2.24, 2.45) is 0 Å². The van der Waals surface area contributed by atoms with Gasteiger partial charge in [0, 0.05) is 33.2 Å². The van der Waals surface area contributed by atoms with E-state index in [1.807, 2.05) is 6.92 Å². The molecule has 7 heteroatoms. The Morgan fingerprint density at radius 3 is 2.63 bits per heavy atom. The zero-order chi connectivity index (χ0) is 14.4. The zero-order valence-electron chi connectivity index (χ0n) is 11.3. The van der Waals surface area contributed by atoms with E-state index in [-0.39, 0.29) is 18.2 Å². The van der Waals surface area contributed by atoms with E-state index in [0.717, 1.165) is 0 Å². The summed E-state index contributed by atoms with van der Waals surface area (Å²) in [4.78, 5) is 37.3. The number of carboxylic acid groups (broad SMARTS) is 1. The molecule has 0 aliphatic carbocycles. The van der Waals surface area contributed by atoms with Gasteiger partial charge in [0.15, 0.2) is 0 Å². The third-order valence-corrected chi connectivity index (χ3v) is 3.07. The van der Waals surface area contributed by atoms with Crippen molar-refractivity contribution in [1.82, 2.24) is 9.80 Å². The molecule has 1 rings (SSSR count). The van der Waals surface area contributed by atoms with Gasteiger partial charge in [-0.1, -0.05) is 0 Å². The summed E-state index contributed by atoms with van der Waals surface area (Å²) in [6.07, 6.45) is -0.358. The number of piperazine rings is 1. The molecule has 1 heterocycles. The van der Waals surface area contributed by atoms with Crippen LogP contribution in [0.4, 0.5) is 0 Å². The van der Waals surface area contributed by atoms with Gasteiger partial charge in [-0.15, -0.1) is 0 Å². The first-order chi connectivity index (χ1) is 8.97. The molecule has 1 atom stereocenters. The number of carboxylic acids is 1. The van der Waals surface area contributed by atoms with Crippen molar-refractivity contribution in [3.05, 3.63) is 0 Å². The van der Waals surface area contributed by atoms with Crippen molar-refractivity contribution in [2.45, 2.75) is 26.3 Å². The van der Waals surface area contributed by atoms with E-state index >= 15 is 0 Å². The lowest BCUT2D eigenvalue weighted by molar-refractivity contribution is -0.155. The number of aliphatic carboxylic acids is 1. The lowest BCUT2D eigenvalue weighted by Gasteiger charge is -2.39. The molecule has 2 amide bonds. The number of carbonyl (C=O) groups excluding carboxylic acids is 2. The van der Waals surface area contributed by atoms with Crippen LogP contribution >= 0.6 is 0 Å². The largest absolute Gasteiger partial charge is 0.481 e. The van der Waals surface area contributed by atoms with Crippen LogP contribution in [-0.2, 0) is 19.1 Å². The van der Waals surface area contributed by atoms with Gasteiger partial charge in [-0.05, 0) is 6.92 Å². The Balaban J connectivity index is 2.70. The van der Waals surface area contributed by atoms with Crippen LogP contribution in [0.2, 0.25) is 0 Å². The standard InChI is InChI=1S/C12H20N2O5/c1-3-19-7-6-13-4-5-14(9(2)15)10(12(13)18)8-11(16)17/h10H,3-8H2,1-2H3,(H,16,17). The third-order valence-electron chi connectivity index (χ3n) is 3.07. The van der Waals surface area contributed by atoms with E-state index in [9.17, 15) is 14.4 Å². The predicted molar refractivity (Wildman–Crippen MR) is 66.5 cm³/mol. The fourth-order valence-corrected chi connectivity index (χ4v) is 2.12. The number of hydrogen-bond acceptors (Lipinski definition) is 4. The van der Waals surface area contributed by atoms with Crippen LogP contribution in [0.1, 0.15) is 20.3 Å². The number of rotatable bonds is 6. The molecule has 7 nitrogen and oxygen atoms in total. The summed E-state index contributed by atoms with van der Waals surface area (Å²) in [6.45, 7) is 5.41. The Morgan fingerprint density at radius 1 is 1.42 bits per heavy atom. The Hall–Kier alpha value is -1.63. The summed E-state index contributed by atoms with van der Waals surface area (Å²) in [5.41, 5.74) is 0. The Kier molecular flexibility index (Phi) is 5.75. The molecule has 0 radical (unpaired) electrons. The minimum absolute atomic E-state index is 0.274. The predicted octanol–water partition coefficient (Wildman–Crippen LogP) is -0.443. The van der Waals surface area contributed by atoms with Gasteiger partial charge in [0.1, 0.15) is 6.04 Å². The Morgan fingerprint density at radius 2 is 2.11 bits per heavy atom. The highest BCUT2D eigenvalue weighted by Gasteiger charge is 2.37. The van der Waals surface area contributed by atoms with Crippen molar-refractivity contribution < 1.29 is 24.2 Å². The molecule has 0 aromatic heterocycles. The Bertz CT molecular complexity index is 358. The summed E-state index contributed by atoms with van der Waals surface area (Å²) in [6, 6.07) is -0.898. The highest BCUT2D eigenvalue weighted by atomic mass is 16.5. The van der Waals surface area contributed by atoms with E-state index in [4.69, 9.17) is 9.84 Å². The van der Waals surface area contributed by atoms with Crippen LogP contribution < -0.4 is 0 Å². The van der Waals surface area contributed by atoms with Crippen LogP contribution in [0.5, 0.6) is 0 Å². The summed E-state index contributed by atoms with van der Waals surface area (Å²) in [5, 5.41) is 8.85. The SMILES string of the molecule is CCOCCN1CCN(C(C)=O)C(CC(=O)O)C1=O. The van der Waals surface area contributed by atoms with Crippen molar-refractivity contribution in [1.29, 1.82) is 0 Å². The van der Waals surface area contributed by atoms with Crippen molar-refractivity contribution in [3.8, 4) is 0 Å².